The van der Waals surface area contributed by atoms with Gasteiger partial charge in [0.25, 0.3) is 0 Å². The Morgan fingerprint density at radius 3 is 1.82 bits per heavy atom. The van der Waals surface area contributed by atoms with Gasteiger partial charge in [-0.25, -0.2) is 9.97 Å². The van der Waals surface area contributed by atoms with Crippen molar-refractivity contribution in [3.8, 4) is 0 Å². The van der Waals surface area contributed by atoms with E-state index >= 15 is 0 Å². The fourth-order valence-corrected chi connectivity index (χ4v) is 5.47. The van der Waals surface area contributed by atoms with Crippen LogP contribution in [-0.2, 0) is 0 Å². The van der Waals surface area contributed by atoms with Crippen molar-refractivity contribution < 1.29 is 9.59 Å². The molecule has 5 aromatic rings. The summed E-state index contributed by atoms with van der Waals surface area (Å²) in [6, 6.07) is 25.0. The topological polar surface area (TPSA) is 66.4 Å². The number of ketones is 2. The zero-order chi connectivity index (χ0) is 26.8. The predicted molar refractivity (Wildman–Crippen MR) is 155 cm³/mol. The first-order valence-electron chi connectivity index (χ1n) is 12.6. The van der Waals surface area contributed by atoms with Crippen molar-refractivity contribution >= 4 is 58.7 Å². The van der Waals surface area contributed by atoms with E-state index in [9.17, 15) is 9.59 Å². The average molecular weight is 504 g/mol. The summed E-state index contributed by atoms with van der Waals surface area (Å²) in [5.41, 5.74) is 5.37. The van der Waals surface area contributed by atoms with Crippen molar-refractivity contribution in [3.63, 3.8) is 0 Å². The summed E-state index contributed by atoms with van der Waals surface area (Å²) in [6.45, 7) is 4.05. The minimum atomic E-state index is -0.294. The minimum absolute atomic E-state index is 0.102. The van der Waals surface area contributed by atoms with Crippen LogP contribution >= 0.6 is 0 Å². The number of fused-ring (bicyclic) bond motifs is 4. The third-order valence-corrected chi connectivity index (χ3v) is 7.38. The van der Waals surface area contributed by atoms with Crippen LogP contribution < -0.4 is 9.71 Å². The van der Waals surface area contributed by atoms with Crippen molar-refractivity contribution in [2.45, 2.75) is 13.8 Å². The zero-order valence-corrected chi connectivity index (χ0v) is 21.3. The Kier molecular flexibility index (Phi) is 5.03. The lowest BCUT2D eigenvalue weighted by atomic mass is 10.0. The largest absolute Gasteiger partial charge is 0.366 e. The standard InChI is InChI=1S/C32H21BN4O2/c1-18-8-7-9-19(2)28(18)36-27(37(33)32-31(36)34-25-12-5-6-13-26(25)35-32)15-14-22-29(38)23-16-20-10-3-4-11-21(20)17-24(23)30(22)39/h3-17H,1-2H3/b27-15-. The van der Waals surface area contributed by atoms with Gasteiger partial charge in [-0.1, -0.05) is 54.6 Å². The molecule has 2 aliphatic rings. The molecule has 2 radical (unpaired) electrons. The number of anilines is 3. The molecule has 184 valence electrons. The Hall–Kier alpha value is -5.04. The smallest absolute Gasteiger partial charge is 0.239 e. The van der Waals surface area contributed by atoms with Gasteiger partial charge in [0.15, 0.2) is 23.2 Å². The van der Waals surface area contributed by atoms with Crippen LogP contribution in [0.2, 0.25) is 0 Å². The number of allylic oxidation sites excluding steroid dienone is 3. The number of aromatic nitrogens is 2. The number of aryl methyl sites for hydroxylation is 2. The third kappa shape index (κ3) is 3.43. The van der Waals surface area contributed by atoms with Crippen LogP contribution in [0.25, 0.3) is 21.8 Å². The first-order valence-corrected chi connectivity index (χ1v) is 12.6. The molecule has 1 aromatic heterocycles. The molecule has 0 amide bonds. The number of carbonyl (C=O) groups is 2. The number of rotatable bonds is 2. The molecule has 7 heteroatoms. The second-order valence-corrected chi connectivity index (χ2v) is 9.81. The average Bonchev–Trinajstić information content (AvgIpc) is 3.33. The van der Waals surface area contributed by atoms with E-state index in [4.69, 9.17) is 17.9 Å². The summed E-state index contributed by atoms with van der Waals surface area (Å²) >= 11 is 0. The highest BCUT2D eigenvalue weighted by atomic mass is 16.2. The van der Waals surface area contributed by atoms with Gasteiger partial charge in [0.1, 0.15) is 5.82 Å². The van der Waals surface area contributed by atoms with Crippen molar-refractivity contribution in [1.29, 1.82) is 0 Å². The molecule has 2 heterocycles. The monoisotopic (exact) mass is 504 g/mol. The fraction of sp³-hybridized carbons (Fsp3) is 0.0625. The first kappa shape index (κ1) is 23.1. The number of nitrogens with zero attached hydrogens (tertiary/aromatic N) is 4. The Bertz CT molecular complexity index is 1880. The number of hydrogen-bond acceptors (Lipinski definition) is 6. The molecule has 0 N–H and O–H groups in total. The van der Waals surface area contributed by atoms with Gasteiger partial charge in [0, 0.05) is 11.1 Å². The van der Waals surface area contributed by atoms with Crippen LogP contribution in [0.4, 0.5) is 17.3 Å². The quantitative estimate of drug-likeness (QED) is 0.160. The van der Waals surface area contributed by atoms with Crippen LogP contribution in [0.3, 0.4) is 0 Å². The molecule has 7 rings (SSSR count). The lowest BCUT2D eigenvalue weighted by molar-refractivity contribution is 0.0989. The lowest BCUT2D eigenvalue weighted by Crippen LogP contribution is -2.24. The number of carbonyl (C=O) groups excluding carboxylic acids is 2. The van der Waals surface area contributed by atoms with Crippen LogP contribution in [0.1, 0.15) is 31.8 Å². The Morgan fingerprint density at radius 2 is 1.23 bits per heavy atom. The van der Waals surface area contributed by atoms with Crippen LogP contribution in [0.15, 0.2) is 102 Å². The van der Waals surface area contributed by atoms with Crippen molar-refractivity contribution in [1.82, 2.24) is 9.97 Å². The Labute approximate surface area is 226 Å². The van der Waals surface area contributed by atoms with Gasteiger partial charge in [-0.05, 0) is 72.2 Å². The molecule has 0 bridgehead atoms. The highest BCUT2D eigenvalue weighted by Gasteiger charge is 2.36. The van der Waals surface area contributed by atoms with E-state index in [0.717, 1.165) is 38.6 Å². The maximum atomic E-state index is 13.4. The molecule has 0 saturated heterocycles. The third-order valence-electron chi connectivity index (χ3n) is 7.38. The summed E-state index contributed by atoms with van der Waals surface area (Å²) < 4.78 is 0. The summed E-state index contributed by atoms with van der Waals surface area (Å²) in [5, 5.41) is 1.84. The molecule has 0 atom stereocenters. The number of Topliss-reactive ketones (excluding diaryl/α,β-unsaturated/α-hetero) is 2. The molecule has 1 aliphatic carbocycles. The lowest BCUT2D eigenvalue weighted by Gasteiger charge is -2.25. The Balaban J connectivity index is 1.40. The minimum Gasteiger partial charge on any atom is -0.366 e. The highest BCUT2D eigenvalue weighted by molar-refractivity contribution is 6.40. The summed E-state index contributed by atoms with van der Waals surface area (Å²) in [5.74, 6) is 1.01. The van der Waals surface area contributed by atoms with Crippen LogP contribution in [0, 0.1) is 13.8 Å². The van der Waals surface area contributed by atoms with Crippen molar-refractivity contribution in [3.05, 3.63) is 125 Å². The molecule has 39 heavy (non-hydrogen) atoms. The number of benzene rings is 4. The first-order chi connectivity index (χ1) is 18.9. The maximum Gasteiger partial charge on any atom is 0.239 e. The summed E-state index contributed by atoms with van der Waals surface area (Å²) in [7, 11) is 6.64. The van der Waals surface area contributed by atoms with Gasteiger partial charge in [0.05, 0.1) is 22.3 Å². The van der Waals surface area contributed by atoms with E-state index in [0.29, 0.717) is 28.6 Å². The summed E-state index contributed by atoms with van der Waals surface area (Å²) in [6.07, 6.45) is 3.27. The van der Waals surface area contributed by atoms with Crippen molar-refractivity contribution in [2.75, 3.05) is 9.71 Å². The molecule has 6 nitrogen and oxygen atoms in total. The molecular weight excluding hydrogens is 483 g/mol. The van der Waals surface area contributed by atoms with E-state index < -0.39 is 0 Å². The Morgan fingerprint density at radius 1 is 0.692 bits per heavy atom. The van der Waals surface area contributed by atoms with E-state index in [1.54, 1.807) is 24.3 Å². The van der Waals surface area contributed by atoms with Gasteiger partial charge in [-0.3, -0.25) is 14.5 Å². The molecule has 0 saturated carbocycles. The summed E-state index contributed by atoms with van der Waals surface area (Å²) in [4.78, 5) is 39.9. The highest BCUT2D eigenvalue weighted by Crippen LogP contribution is 2.45. The van der Waals surface area contributed by atoms with E-state index in [2.05, 4.69) is 0 Å². The fourth-order valence-electron chi connectivity index (χ4n) is 5.47. The van der Waals surface area contributed by atoms with Gasteiger partial charge in [0.2, 0.25) is 7.98 Å². The molecular formula is C32H21BN4O2. The number of para-hydroxylation sites is 3. The van der Waals surface area contributed by atoms with E-state index in [-0.39, 0.29) is 17.1 Å². The maximum absolute atomic E-state index is 13.4. The molecule has 0 unspecified atom stereocenters. The van der Waals surface area contributed by atoms with Gasteiger partial charge >= 0.3 is 0 Å². The number of hydrogen-bond donors (Lipinski definition) is 0. The van der Waals surface area contributed by atoms with Crippen LogP contribution in [0.5, 0.6) is 0 Å². The normalized spacial score (nSPS) is 15.5. The SMILES string of the molecule is [B]N1/C(=C\C=C2C(=O)c3cc4ccccc4cc3C2=O)N(c2c(C)cccc2C)c2nc3ccccc3nc21. The van der Waals surface area contributed by atoms with E-state index in [1.165, 1.54) is 4.81 Å². The molecule has 1 aliphatic heterocycles. The van der Waals surface area contributed by atoms with Gasteiger partial charge in [-0.15, -0.1) is 0 Å². The van der Waals surface area contributed by atoms with Crippen LogP contribution in [-0.4, -0.2) is 29.5 Å². The van der Waals surface area contributed by atoms with E-state index in [1.807, 2.05) is 85.5 Å². The van der Waals surface area contributed by atoms with Gasteiger partial charge in [-0.2, -0.15) is 0 Å². The second kappa shape index (κ2) is 8.50. The van der Waals surface area contributed by atoms with Crippen molar-refractivity contribution in [2.24, 2.45) is 0 Å². The van der Waals surface area contributed by atoms with Gasteiger partial charge < -0.3 is 4.81 Å². The zero-order valence-electron chi connectivity index (χ0n) is 21.3. The predicted octanol–water partition coefficient (Wildman–Crippen LogP) is 6.29. The second-order valence-electron chi connectivity index (χ2n) is 9.81. The molecule has 0 fully saturated rings. The molecule has 4 aromatic carbocycles. The molecule has 0 spiro atoms.